The number of carbonyl (C=O) groups excluding carboxylic acids is 1. The second-order valence-electron chi connectivity index (χ2n) is 12.9. The first-order valence-electron chi connectivity index (χ1n) is 13.7. The minimum Gasteiger partial charge on any atom is -0.507 e. The molecule has 37 heavy (non-hydrogen) atoms. The fourth-order valence-corrected chi connectivity index (χ4v) is 5.66. The highest BCUT2D eigenvalue weighted by Gasteiger charge is 2.32. The molecule has 0 spiro atoms. The van der Waals surface area contributed by atoms with Gasteiger partial charge in [0.15, 0.2) is 0 Å². The van der Waals surface area contributed by atoms with Crippen LogP contribution in [0.5, 0.6) is 5.75 Å². The number of phenols is 1. The molecule has 4 rings (SSSR count). The van der Waals surface area contributed by atoms with Gasteiger partial charge in [-0.05, 0) is 65.6 Å². The minimum absolute atomic E-state index is 0.0614. The number of piperidine rings is 1. The molecule has 0 aromatic heterocycles. The van der Waals surface area contributed by atoms with Crippen molar-refractivity contribution in [3.8, 4) is 5.75 Å². The highest BCUT2D eigenvalue weighted by Crippen LogP contribution is 2.40. The molecule has 2 heterocycles. The molecule has 6 heteroatoms. The third-order valence-corrected chi connectivity index (χ3v) is 7.91. The topological polar surface area (TPSA) is 47.0 Å². The van der Waals surface area contributed by atoms with Crippen LogP contribution in [0.1, 0.15) is 71.1 Å². The summed E-state index contributed by atoms with van der Waals surface area (Å²) >= 11 is 0. The van der Waals surface area contributed by atoms with E-state index in [0.717, 1.165) is 43.6 Å². The number of benzene rings is 2. The van der Waals surface area contributed by atoms with Crippen molar-refractivity contribution < 1.29 is 14.3 Å². The molecule has 5 nitrogen and oxygen atoms in total. The van der Waals surface area contributed by atoms with Gasteiger partial charge in [-0.15, -0.1) is 0 Å². The number of halogens is 1. The maximum absolute atomic E-state index is 14.2. The number of hydrogen-bond acceptors (Lipinski definition) is 4. The molecule has 0 aliphatic carbocycles. The van der Waals surface area contributed by atoms with Gasteiger partial charge in [0.2, 0.25) is 5.91 Å². The molecule has 0 unspecified atom stereocenters. The number of para-hydroxylation sites is 1. The van der Waals surface area contributed by atoms with Crippen molar-refractivity contribution in [2.24, 2.45) is 5.92 Å². The molecule has 2 saturated heterocycles. The van der Waals surface area contributed by atoms with Gasteiger partial charge in [-0.1, -0.05) is 65.8 Å². The van der Waals surface area contributed by atoms with E-state index >= 15 is 0 Å². The summed E-state index contributed by atoms with van der Waals surface area (Å²) in [5, 5.41) is 11.0. The Morgan fingerprint density at radius 1 is 0.892 bits per heavy atom. The zero-order valence-electron chi connectivity index (χ0n) is 23.5. The van der Waals surface area contributed by atoms with Crippen molar-refractivity contribution in [2.75, 3.05) is 44.2 Å². The van der Waals surface area contributed by atoms with Gasteiger partial charge in [-0.3, -0.25) is 9.69 Å². The first-order valence-corrected chi connectivity index (χ1v) is 13.7. The normalized spacial score (nSPS) is 18.4. The van der Waals surface area contributed by atoms with Crippen LogP contribution in [0.3, 0.4) is 0 Å². The summed E-state index contributed by atoms with van der Waals surface area (Å²) < 4.78 is 14.2. The Bertz CT molecular complexity index is 1070. The largest absolute Gasteiger partial charge is 0.507 e. The number of aromatic hydroxyl groups is 1. The monoisotopic (exact) mass is 509 g/mol. The Kier molecular flexibility index (Phi) is 7.89. The quantitative estimate of drug-likeness (QED) is 0.576. The molecule has 2 fully saturated rings. The highest BCUT2D eigenvalue weighted by molar-refractivity contribution is 5.79. The number of piperazine rings is 1. The number of rotatable bonds is 4. The molecule has 1 N–H and O–H groups in total. The molecule has 0 atom stereocenters. The Labute approximate surface area is 222 Å². The average Bonchev–Trinajstić information content (AvgIpc) is 2.84. The second-order valence-corrected chi connectivity index (χ2v) is 12.9. The highest BCUT2D eigenvalue weighted by atomic mass is 19.1. The smallest absolute Gasteiger partial charge is 0.225 e. The number of amides is 1. The van der Waals surface area contributed by atoms with E-state index in [1.165, 1.54) is 11.6 Å². The van der Waals surface area contributed by atoms with Crippen molar-refractivity contribution in [3.05, 3.63) is 58.9 Å². The summed E-state index contributed by atoms with van der Waals surface area (Å²) in [5.41, 5.74) is 3.55. The van der Waals surface area contributed by atoms with Crippen LogP contribution in [-0.4, -0.2) is 60.1 Å². The molecular weight excluding hydrogens is 465 g/mol. The van der Waals surface area contributed by atoms with Crippen LogP contribution in [-0.2, 0) is 22.2 Å². The first-order chi connectivity index (χ1) is 17.3. The predicted octanol–water partition coefficient (Wildman–Crippen LogP) is 5.69. The van der Waals surface area contributed by atoms with Crippen molar-refractivity contribution in [1.82, 2.24) is 9.80 Å². The molecule has 2 aliphatic rings. The van der Waals surface area contributed by atoms with Gasteiger partial charge < -0.3 is 14.9 Å². The van der Waals surface area contributed by atoms with Crippen LogP contribution in [0.4, 0.5) is 10.1 Å². The van der Waals surface area contributed by atoms with E-state index in [0.29, 0.717) is 37.6 Å². The lowest BCUT2D eigenvalue weighted by Crippen LogP contribution is -2.51. The van der Waals surface area contributed by atoms with Crippen molar-refractivity contribution in [1.29, 1.82) is 0 Å². The van der Waals surface area contributed by atoms with E-state index in [9.17, 15) is 14.3 Å². The second kappa shape index (κ2) is 10.6. The number of likely N-dealkylation sites (tertiary alicyclic amines) is 1. The Morgan fingerprint density at radius 3 is 1.95 bits per heavy atom. The standard InChI is InChI=1S/C31H44FN3O2/c1-30(2,3)24-19-22(20-25(28(24)36)31(4,5)6)21-33-13-11-23(12-14-33)29(37)35-17-15-34(16-18-35)27-10-8-7-9-26(27)32/h7-10,19-20,23,36H,11-18,21H2,1-6H3. The lowest BCUT2D eigenvalue weighted by molar-refractivity contribution is -0.137. The van der Waals surface area contributed by atoms with Crippen LogP contribution in [0.25, 0.3) is 0 Å². The minimum atomic E-state index is -0.201. The van der Waals surface area contributed by atoms with Crippen LogP contribution in [0.2, 0.25) is 0 Å². The van der Waals surface area contributed by atoms with Crippen LogP contribution < -0.4 is 4.90 Å². The number of phenolic OH excluding ortho intramolecular Hbond substituents is 1. The van der Waals surface area contributed by atoms with Crippen LogP contribution >= 0.6 is 0 Å². The summed E-state index contributed by atoms with van der Waals surface area (Å²) in [6, 6.07) is 11.2. The maximum atomic E-state index is 14.2. The third-order valence-electron chi connectivity index (χ3n) is 7.91. The molecule has 0 bridgehead atoms. The molecular formula is C31H44FN3O2. The lowest BCUT2D eigenvalue weighted by Gasteiger charge is -2.39. The Hall–Kier alpha value is -2.60. The first kappa shape index (κ1) is 27.4. The summed E-state index contributed by atoms with van der Waals surface area (Å²) in [4.78, 5) is 19.7. The van der Waals surface area contributed by atoms with E-state index in [1.54, 1.807) is 6.07 Å². The predicted molar refractivity (Wildman–Crippen MR) is 149 cm³/mol. The fraction of sp³-hybridized carbons (Fsp3) is 0.581. The van der Waals surface area contributed by atoms with E-state index in [2.05, 4.69) is 58.6 Å². The molecule has 1 amide bonds. The zero-order chi connectivity index (χ0) is 27.0. The molecule has 0 radical (unpaired) electrons. The fourth-order valence-electron chi connectivity index (χ4n) is 5.66. The summed E-state index contributed by atoms with van der Waals surface area (Å²) in [5.74, 6) is 0.532. The van der Waals surface area contributed by atoms with Gasteiger partial charge >= 0.3 is 0 Å². The van der Waals surface area contributed by atoms with E-state index in [4.69, 9.17) is 0 Å². The molecule has 202 valence electrons. The van der Waals surface area contributed by atoms with Crippen LogP contribution in [0, 0.1) is 11.7 Å². The van der Waals surface area contributed by atoms with Gasteiger partial charge in [0.05, 0.1) is 5.69 Å². The molecule has 0 saturated carbocycles. The van der Waals surface area contributed by atoms with Gasteiger partial charge in [-0.2, -0.15) is 0 Å². The summed E-state index contributed by atoms with van der Waals surface area (Å²) in [6.07, 6.45) is 1.73. The third kappa shape index (κ3) is 6.28. The summed E-state index contributed by atoms with van der Waals surface area (Å²) in [7, 11) is 0. The maximum Gasteiger partial charge on any atom is 0.225 e. The van der Waals surface area contributed by atoms with Gasteiger partial charge in [0.1, 0.15) is 11.6 Å². The van der Waals surface area contributed by atoms with E-state index in [1.807, 2.05) is 21.9 Å². The number of carbonyl (C=O) groups is 1. The van der Waals surface area contributed by atoms with Gasteiger partial charge in [0.25, 0.3) is 0 Å². The van der Waals surface area contributed by atoms with E-state index < -0.39 is 0 Å². The lowest BCUT2D eigenvalue weighted by atomic mass is 9.78. The zero-order valence-corrected chi connectivity index (χ0v) is 23.5. The molecule has 2 aromatic rings. The Balaban J connectivity index is 1.34. The number of anilines is 1. The molecule has 2 aromatic carbocycles. The van der Waals surface area contributed by atoms with Crippen molar-refractivity contribution >= 4 is 11.6 Å². The Morgan fingerprint density at radius 2 is 1.43 bits per heavy atom. The van der Waals surface area contributed by atoms with Gasteiger partial charge in [0, 0.05) is 38.6 Å². The number of hydrogen-bond donors (Lipinski definition) is 1. The number of nitrogens with zero attached hydrogens (tertiary/aromatic N) is 3. The SMILES string of the molecule is CC(C)(C)c1cc(CN2CCC(C(=O)N3CCN(c4ccccc4F)CC3)CC2)cc(C(C)(C)C)c1O. The van der Waals surface area contributed by atoms with Crippen LogP contribution in [0.15, 0.2) is 36.4 Å². The molecule has 2 aliphatic heterocycles. The van der Waals surface area contributed by atoms with E-state index in [-0.39, 0.29) is 28.5 Å². The average molecular weight is 510 g/mol. The van der Waals surface area contributed by atoms with Crippen molar-refractivity contribution in [2.45, 2.75) is 71.8 Å². The van der Waals surface area contributed by atoms with Crippen molar-refractivity contribution in [3.63, 3.8) is 0 Å². The van der Waals surface area contributed by atoms with Gasteiger partial charge in [-0.25, -0.2) is 4.39 Å². The summed E-state index contributed by atoms with van der Waals surface area (Å²) in [6.45, 7) is 18.1.